The van der Waals surface area contributed by atoms with E-state index < -0.39 is 17.9 Å². The van der Waals surface area contributed by atoms with Crippen molar-refractivity contribution in [3.8, 4) is 0 Å². The van der Waals surface area contributed by atoms with Gasteiger partial charge in [-0.15, -0.1) is 0 Å². The molecule has 2 N–H and O–H groups in total. The first kappa shape index (κ1) is 16.5. The highest BCUT2D eigenvalue weighted by Gasteiger charge is 2.25. The highest BCUT2D eigenvalue weighted by Crippen LogP contribution is 2.11. The lowest BCUT2D eigenvalue weighted by molar-refractivity contribution is -0.143. The van der Waals surface area contributed by atoms with Crippen LogP contribution in [0.15, 0.2) is 0 Å². The molecule has 0 aromatic rings. The highest BCUT2D eigenvalue weighted by atomic mass is 16.4. The summed E-state index contributed by atoms with van der Waals surface area (Å²) < 4.78 is 0. The lowest BCUT2D eigenvalue weighted by atomic mass is 10.0. The van der Waals surface area contributed by atoms with E-state index in [0.29, 0.717) is 13.0 Å². The van der Waals surface area contributed by atoms with Crippen molar-refractivity contribution in [3.05, 3.63) is 0 Å². The van der Waals surface area contributed by atoms with Gasteiger partial charge in [-0.2, -0.15) is 0 Å². The largest absolute Gasteiger partial charge is 0.480 e. The van der Waals surface area contributed by atoms with Crippen LogP contribution in [0.4, 0.5) is 0 Å². The van der Waals surface area contributed by atoms with Gasteiger partial charge in [0.1, 0.15) is 6.04 Å². The minimum atomic E-state index is -1.05. The molecular formula is C14H24N2O4. The average molecular weight is 284 g/mol. The Balaban J connectivity index is 2.54. The molecular weight excluding hydrogens is 260 g/mol. The van der Waals surface area contributed by atoms with Crippen molar-refractivity contribution in [2.24, 2.45) is 5.92 Å². The zero-order valence-corrected chi connectivity index (χ0v) is 12.2. The number of carboxylic acid groups (broad SMARTS) is 1. The van der Waals surface area contributed by atoms with Gasteiger partial charge in [-0.25, -0.2) is 4.79 Å². The fourth-order valence-electron chi connectivity index (χ4n) is 2.29. The number of likely N-dealkylation sites (tertiary alicyclic amines) is 1. The van der Waals surface area contributed by atoms with Crippen LogP contribution in [0.5, 0.6) is 0 Å². The van der Waals surface area contributed by atoms with Crippen molar-refractivity contribution < 1.29 is 19.5 Å². The van der Waals surface area contributed by atoms with Gasteiger partial charge in [-0.05, 0) is 18.8 Å². The molecule has 2 amide bonds. The monoisotopic (exact) mass is 284 g/mol. The van der Waals surface area contributed by atoms with Crippen LogP contribution in [0.25, 0.3) is 0 Å². The SMILES string of the molecule is CC(C)[C@H](NC(=O)CN1CCCCCCC1=O)C(=O)O. The molecule has 0 saturated carbocycles. The second kappa shape index (κ2) is 7.87. The number of carbonyl (C=O) groups is 3. The normalized spacial score (nSPS) is 18.4. The molecule has 1 aliphatic heterocycles. The molecule has 20 heavy (non-hydrogen) atoms. The maximum absolute atomic E-state index is 11.9. The topological polar surface area (TPSA) is 86.7 Å². The van der Waals surface area contributed by atoms with Crippen molar-refractivity contribution in [2.75, 3.05) is 13.1 Å². The fraction of sp³-hybridized carbons (Fsp3) is 0.786. The number of carboxylic acids is 1. The molecule has 6 nitrogen and oxygen atoms in total. The van der Waals surface area contributed by atoms with E-state index >= 15 is 0 Å². The van der Waals surface area contributed by atoms with Crippen LogP contribution in [0, 0.1) is 5.92 Å². The summed E-state index contributed by atoms with van der Waals surface area (Å²) in [6, 6.07) is -0.910. The molecule has 6 heteroatoms. The maximum Gasteiger partial charge on any atom is 0.326 e. The molecule has 0 aromatic carbocycles. The molecule has 0 radical (unpaired) electrons. The highest BCUT2D eigenvalue weighted by molar-refractivity contribution is 5.88. The van der Waals surface area contributed by atoms with E-state index in [9.17, 15) is 14.4 Å². The first-order valence-corrected chi connectivity index (χ1v) is 7.21. The van der Waals surface area contributed by atoms with Gasteiger partial charge < -0.3 is 15.3 Å². The Morgan fingerprint density at radius 1 is 1.25 bits per heavy atom. The van der Waals surface area contributed by atoms with Crippen molar-refractivity contribution in [3.63, 3.8) is 0 Å². The lowest BCUT2D eigenvalue weighted by Gasteiger charge is -2.25. The van der Waals surface area contributed by atoms with E-state index in [4.69, 9.17) is 5.11 Å². The van der Waals surface area contributed by atoms with Crippen molar-refractivity contribution >= 4 is 17.8 Å². The minimum Gasteiger partial charge on any atom is -0.480 e. The molecule has 0 aliphatic carbocycles. The zero-order valence-electron chi connectivity index (χ0n) is 12.2. The van der Waals surface area contributed by atoms with E-state index in [1.807, 2.05) is 0 Å². The summed E-state index contributed by atoms with van der Waals surface area (Å²) in [6.45, 7) is 4.00. The van der Waals surface area contributed by atoms with Gasteiger partial charge in [0.2, 0.25) is 11.8 Å². The predicted octanol–water partition coefficient (Wildman–Crippen LogP) is 1.00. The van der Waals surface area contributed by atoms with Gasteiger partial charge in [0.05, 0.1) is 6.54 Å². The molecule has 0 spiro atoms. The number of hydrogen-bond acceptors (Lipinski definition) is 3. The van der Waals surface area contributed by atoms with Gasteiger partial charge in [0.25, 0.3) is 0 Å². The van der Waals surface area contributed by atoms with Crippen LogP contribution in [0.1, 0.15) is 46.0 Å². The summed E-state index contributed by atoms with van der Waals surface area (Å²) in [7, 11) is 0. The lowest BCUT2D eigenvalue weighted by Crippen LogP contribution is -2.49. The molecule has 1 aliphatic rings. The standard InChI is InChI=1S/C14H24N2O4/c1-10(2)13(14(19)20)15-11(17)9-16-8-6-4-3-5-7-12(16)18/h10,13H,3-9H2,1-2H3,(H,15,17)(H,19,20)/t13-/m0/s1. The molecule has 1 atom stereocenters. The van der Waals surface area contributed by atoms with E-state index in [-0.39, 0.29) is 18.4 Å². The second-order valence-corrected chi connectivity index (χ2v) is 5.61. The maximum atomic E-state index is 11.9. The molecule has 1 rings (SSSR count). The fourth-order valence-corrected chi connectivity index (χ4v) is 2.29. The van der Waals surface area contributed by atoms with Gasteiger partial charge >= 0.3 is 5.97 Å². The number of nitrogens with zero attached hydrogens (tertiary/aromatic N) is 1. The number of carbonyl (C=O) groups excluding carboxylic acids is 2. The van der Waals surface area contributed by atoms with Gasteiger partial charge in [0, 0.05) is 13.0 Å². The van der Waals surface area contributed by atoms with Crippen LogP contribution in [0.2, 0.25) is 0 Å². The van der Waals surface area contributed by atoms with Crippen LogP contribution < -0.4 is 5.32 Å². The van der Waals surface area contributed by atoms with Crippen LogP contribution in [-0.4, -0.2) is 46.9 Å². The molecule has 0 unspecified atom stereocenters. The Labute approximate surface area is 119 Å². The summed E-state index contributed by atoms with van der Waals surface area (Å²) in [4.78, 5) is 36.4. The van der Waals surface area contributed by atoms with Crippen molar-refractivity contribution in [2.45, 2.75) is 52.0 Å². The number of amides is 2. The zero-order chi connectivity index (χ0) is 15.1. The molecule has 114 valence electrons. The first-order valence-electron chi connectivity index (χ1n) is 7.21. The van der Waals surface area contributed by atoms with E-state index in [1.54, 1.807) is 13.8 Å². The van der Waals surface area contributed by atoms with E-state index in [0.717, 1.165) is 25.7 Å². The van der Waals surface area contributed by atoms with Gasteiger partial charge in [0.15, 0.2) is 0 Å². The minimum absolute atomic E-state index is 0.0173. The van der Waals surface area contributed by atoms with Crippen molar-refractivity contribution in [1.29, 1.82) is 0 Å². The third-order valence-electron chi connectivity index (χ3n) is 3.51. The summed E-state index contributed by atoms with van der Waals surface area (Å²) in [5.74, 6) is -1.66. The molecule has 1 fully saturated rings. The second-order valence-electron chi connectivity index (χ2n) is 5.61. The summed E-state index contributed by atoms with van der Waals surface area (Å²) in [6.07, 6.45) is 4.35. The Morgan fingerprint density at radius 2 is 1.90 bits per heavy atom. The van der Waals surface area contributed by atoms with Crippen LogP contribution >= 0.6 is 0 Å². The first-order chi connectivity index (χ1) is 9.41. The Bertz CT molecular complexity index is 368. The Kier molecular flexibility index (Phi) is 6.48. The van der Waals surface area contributed by atoms with E-state index in [2.05, 4.69) is 5.32 Å². The average Bonchev–Trinajstić information content (AvgIpc) is 2.35. The van der Waals surface area contributed by atoms with E-state index in [1.165, 1.54) is 4.90 Å². The Morgan fingerprint density at radius 3 is 2.50 bits per heavy atom. The van der Waals surface area contributed by atoms with Crippen LogP contribution in [-0.2, 0) is 14.4 Å². The quantitative estimate of drug-likeness (QED) is 0.788. The molecule has 1 saturated heterocycles. The summed E-state index contributed by atoms with van der Waals surface area (Å²) in [5, 5.41) is 11.5. The Hall–Kier alpha value is -1.59. The molecule has 1 heterocycles. The smallest absolute Gasteiger partial charge is 0.326 e. The summed E-state index contributed by atoms with van der Waals surface area (Å²) >= 11 is 0. The summed E-state index contributed by atoms with van der Waals surface area (Å²) in [5.41, 5.74) is 0. The number of nitrogens with one attached hydrogen (secondary N) is 1. The molecule has 0 aromatic heterocycles. The third-order valence-corrected chi connectivity index (χ3v) is 3.51. The predicted molar refractivity (Wildman–Crippen MR) is 74.1 cm³/mol. The number of rotatable bonds is 5. The van der Waals surface area contributed by atoms with Crippen LogP contribution in [0.3, 0.4) is 0 Å². The number of aliphatic carboxylic acids is 1. The number of hydrogen-bond donors (Lipinski definition) is 2. The van der Waals surface area contributed by atoms with Gasteiger partial charge in [-0.1, -0.05) is 26.7 Å². The van der Waals surface area contributed by atoms with Gasteiger partial charge in [-0.3, -0.25) is 9.59 Å². The van der Waals surface area contributed by atoms with Crippen molar-refractivity contribution in [1.82, 2.24) is 10.2 Å². The third kappa shape index (κ3) is 5.19. The molecule has 0 bridgehead atoms.